The Morgan fingerprint density at radius 1 is 1.26 bits per heavy atom. The summed E-state index contributed by atoms with van der Waals surface area (Å²) in [7, 11) is 1.12. The lowest BCUT2D eigenvalue weighted by Gasteiger charge is -2.31. The number of aromatic carboxylic acids is 1. The first kappa shape index (κ1) is 25.3. The van der Waals surface area contributed by atoms with Crippen molar-refractivity contribution in [2.24, 2.45) is 5.92 Å². The molecule has 34 heavy (non-hydrogen) atoms. The summed E-state index contributed by atoms with van der Waals surface area (Å²) in [5.41, 5.74) is -3.87. The maximum Gasteiger partial charge on any atom is 0.417 e. The number of amides is 1. The number of aromatic nitrogens is 2. The number of nitrogens with zero attached hydrogens (tertiary/aromatic N) is 2. The molecule has 1 amide bonds. The van der Waals surface area contributed by atoms with Gasteiger partial charge in [-0.05, 0) is 25.1 Å². The largest absolute Gasteiger partial charge is 0.481 e. The number of carbonyl (C=O) groups excluding carboxylic acids is 1. The molecule has 4 atom stereocenters. The monoisotopic (exact) mass is 489 g/mol. The summed E-state index contributed by atoms with van der Waals surface area (Å²) in [4.78, 5) is 31.5. The van der Waals surface area contributed by atoms with Crippen molar-refractivity contribution in [3.63, 3.8) is 0 Å². The molecule has 13 heteroatoms. The molecule has 1 aliphatic heterocycles. The second-order valence-corrected chi connectivity index (χ2v) is 7.82. The van der Waals surface area contributed by atoms with Crippen molar-refractivity contribution in [2.45, 2.75) is 44.1 Å². The predicted octanol–water partition coefficient (Wildman–Crippen LogP) is 4.20. The highest BCUT2D eigenvalue weighted by Gasteiger charge is 2.65. The summed E-state index contributed by atoms with van der Waals surface area (Å²) in [6.45, 7) is 2.02. The minimum Gasteiger partial charge on any atom is -0.481 e. The third kappa shape index (κ3) is 4.52. The van der Waals surface area contributed by atoms with Crippen molar-refractivity contribution in [1.29, 1.82) is 0 Å². The normalized spacial score (nSPS) is 24.8. The lowest BCUT2D eigenvalue weighted by Crippen LogP contribution is -2.47. The first-order valence-electron chi connectivity index (χ1n) is 9.88. The van der Waals surface area contributed by atoms with Crippen LogP contribution in [0.3, 0.4) is 0 Å². The van der Waals surface area contributed by atoms with E-state index in [1.807, 2.05) is 0 Å². The van der Waals surface area contributed by atoms with Crippen molar-refractivity contribution in [3.05, 3.63) is 47.4 Å². The number of rotatable bonds is 6. The predicted molar refractivity (Wildman–Crippen MR) is 107 cm³/mol. The van der Waals surface area contributed by atoms with Crippen molar-refractivity contribution in [1.82, 2.24) is 9.97 Å². The van der Waals surface area contributed by atoms with Gasteiger partial charge in [0.2, 0.25) is 5.88 Å². The van der Waals surface area contributed by atoms with Gasteiger partial charge in [-0.2, -0.15) is 13.2 Å². The summed E-state index contributed by atoms with van der Waals surface area (Å²) in [5.74, 6) is -5.39. The molecule has 3 rings (SSSR count). The maximum atomic E-state index is 14.0. The summed E-state index contributed by atoms with van der Waals surface area (Å²) < 4.78 is 78.4. The van der Waals surface area contributed by atoms with Crippen LogP contribution in [0.15, 0.2) is 30.5 Å². The van der Waals surface area contributed by atoms with E-state index in [4.69, 9.17) is 14.6 Å². The molecule has 2 aromatic heterocycles. The molecule has 0 aromatic carbocycles. The van der Waals surface area contributed by atoms with Gasteiger partial charge in [-0.1, -0.05) is 13.0 Å². The molecule has 8 nitrogen and oxygen atoms in total. The van der Waals surface area contributed by atoms with Crippen LogP contribution in [0, 0.1) is 5.92 Å². The van der Waals surface area contributed by atoms with Crippen LogP contribution >= 0.6 is 0 Å². The number of carbonyl (C=O) groups is 2. The summed E-state index contributed by atoms with van der Waals surface area (Å²) in [6, 6.07) is 4.35. The van der Waals surface area contributed by atoms with Gasteiger partial charge in [-0.25, -0.2) is 23.5 Å². The van der Waals surface area contributed by atoms with Gasteiger partial charge in [-0.15, -0.1) is 0 Å². The molecule has 2 aromatic rings. The van der Waals surface area contributed by atoms with Crippen LogP contribution in [0.2, 0.25) is 0 Å². The molecule has 0 saturated carbocycles. The van der Waals surface area contributed by atoms with Gasteiger partial charge in [0.1, 0.15) is 17.5 Å². The molecule has 0 spiro atoms. The molecule has 3 heterocycles. The SMILES string of the molecule is COc1nc(C(F)F)ccc1[C@H]1[C@H](C(=O)Nc2ccnc(C(=O)O)c2)O[C@@](C)(C(F)(F)F)[C@H]1C. The number of methoxy groups -OCH3 is 1. The standard InChI is InChI=1S/C21H20F5N3O5/c1-9-14(11-4-5-12(16(22)23)29-18(11)33-3)15(34-20(9,2)21(24,25)26)17(30)28-10-6-7-27-13(8-10)19(31)32/h4-9,14-16H,1-3H3,(H,31,32)(H,27,28,30)/t9-,14-,15+,20+/m0/s1. The van der Waals surface area contributed by atoms with Crippen molar-refractivity contribution < 1.29 is 46.1 Å². The molecular weight excluding hydrogens is 469 g/mol. The minimum atomic E-state index is -4.88. The summed E-state index contributed by atoms with van der Waals surface area (Å²) in [5, 5.41) is 11.4. The van der Waals surface area contributed by atoms with Crippen LogP contribution in [0.1, 0.15) is 47.9 Å². The second kappa shape index (κ2) is 9.12. The number of halogens is 5. The van der Waals surface area contributed by atoms with Gasteiger partial charge >= 0.3 is 12.1 Å². The van der Waals surface area contributed by atoms with Crippen molar-refractivity contribution in [2.75, 3.05) is 12.4 Å². The maximum absolute atomic E-state index is 14.0. The lowest BCUT2D eigenvalue weighted by atomic mass is 9.77. The first-order chi connectivity index (χ1) is 15.8. The highest BCUT2D eigenvalue weighted by molar-refractivity contribution is 5.96. The van der Waals surface area contributed by atoms with E-state index in [2.05, 4.69) is 15.3 Å². The smallest absolute Gasteiger partial charge is 0.417 e. The van der Waals surface area contributed by atoms with E-state index in [1.54, 1.807) is 0 Å². The fraction of sp³-hybridized carbons (Fsp3) is 0.429. The third-order valence-electron chi connectivity index (χ3n) is 5.86. The van der Waals surface area contributed by atoms with Gasteiger partial charge < -0.3 is 19.9 Å². The highest BCUT2D eigenvalue weighted by Crippen LogP contribution is 2.54. The Morgan fingerprint density at radius 2 is 1.94 bits per heavy atom. The Kier molecular flexibility index (Phi) is 6.78. The molecule has 1 aliphatic rings. The first-order valence-corrected chi connectivity index (χ1v) is 9.88. The summed E-state index contributed by atoms with van der Waals surface area (Å²) >= 11 is 0. The fourth-order valence-corrected chi connectivity index (χ4v) is 3.87. The van der Waals surface area contributed by atoms with Gasteiger partial charge in [0.05, 0.1) is 7.11 Å². The molecule has 184 valence electrons. The number of hydrogen-bond donors (Lipinski definition) is 2. The van der Waals surface area contributed by atoms with E-state index in [0.29, 0.717) is 0 Å². The number of carboxylic acid groups (broad SMARTS) is 1. The molecule has 1 saturated heterocycles. The van der Waals surface area contributed by atoms with Crippen molar-refractivity contribution >= 4 is 17.6 Å². The van der Waals surface area contributed by atoms with E-state index >= 15 is 0 Å². The third-order valence-corrected chi connectivity index (χ3v) is 5.86. The van der Waals surface area contributed by atoms with Gasteiger partial charge in [0.15, 0.2) is 5.60 Å². The second-order valence-electron chi connectivity index (χ2n) is 7.82. The number of carboxylic acids is 1. The van der Waals surface area contributed by atoms with E-state index in [1.165, 1.54) is 13.0 Å². The van der Waals surface area contributed by atoms with E-state index in [9.17, 15) is 31.5 Å². The van der Waals surface area contributed by atoms with E-state index < -0.39 is 59.4 Å². The summed E-state index contributed by atoms with van der Waals surface area (Å²) in [6.07, 6.45) is -8.47. The highest BCUT2D eigenvalue weighted by atomic mass is 19.4. The Hall–Kier alpha value is -3.35. The zero-order valence-corrected chi connectivity index (χ0v) is 18.1. The van der Waals surface area contributed by atoms with E-state index in [0.717, 1.165) is 38.4 Å². The molecule has 0 radical (unpaired) electrons. The molecule has 0 unspecified atom stereocenters. The molecule has 1 fully saturated rings. The van der Waals surface area contributed by atoms with Gasteiger partial charge in [0, 0.05) is 29.3 Å². The number of ether oxygens (including phenoxy) is 2. The minimum absolute atomic E-state index is 0.0199. The number of nitrogens with one attached hydrogen (secondary N) is 1. The van der Waals surface area contributed by atoms with Crippen molar-refractivity contribution in [3.8, 4) is 5.88 Å². The fourth-order valence-electron chi connectivity index (χ4n) is 3.87. The molecule has 0 bridgehead atoms. The Morgan fingerprint density at radius 3 is 2.50 bits per heavy atom. The zero-order valence-electron chi connectivity index (χ0n) is 18.1. The Balaban J connectivity index is 2.05. The molecule has 0 aliphatic carbocycles. The number of alkyl halides is 5. The van der Waals surface area contributed by atoms with Crippen LogP contribution in [0.25, 0.3) is 0 Å². The van der Waals surface area contributed by atoms with Gasteiger partial charge in [0.25, 0.3) is 12.3 Å². The Labute approximate surface area is 190 Å². The number of hydrogen-bond acceptors (Lipinski definition) is 6. The lowest BCUT2D eigenvalue weighted by molar-refractivity contribution is -0.272. The average Bonchev–Trinajstić information content (AvgIpc) is 3.05. The molecule has 2 N–H and O–H groups in total. The number of anilines is 1. The zero-order chi connectivity index (χ0) is 25.4. The Bertz CT molecular complexity index is 1100. The topological polar surface area (TPSA) is 111 Å². The molecular formula is C21H20F5N3O5. The van der Waals surface area contributed by atoms with Crippen LogP contribution in [0.4, 0.5) is 27.6 Å². The van der Waals surface area contributed by atoms with Crippen LogP contribution < -0.4 is 10.1 Å². The quantitative estimate of drug-likeness (QED) is 0.585. The van der Waals surface area contributed by atoms with E-state index in [-0.39, 0.29) is 17.1 Å². The van der Waals surface area contributed by atoms with Crippen LogP contribution in [-0.4, -0.2) is 51.9 Å². The number of pyridine rings is 2. The van der Waals surface area contributed by atoms with Crippen LogP contribution in [0.5, 0.6) is 5.88 Å². The van der Waals surface area contributed by atoms with Gasteiger partial charge in [-0.3, -0.25) is 4.79 Å². The average molecular weight is 489 g/mol. The van der Waals surface area contributed by atoms with Crippen LogP contribution in [-0.2, 0) is 9.53 Å².